The van der Waals surface area contributed by atoms with Gasteiger partial charge in [0.15, 0.2) is 5.76 Å². The van der Waals surface area contributed by atoms with E-state index in [1.165, 1.54) is 6.26 Å². The maximum Gasteiger partial charge on any atom is 0.289 e. The second-order valence-corrected chi connectivity index (χ2v) is 7.53. The van der Waals surface area contributed by atoms with Crippen LogP contribution in [0.2, 0.25) is 0 Å². The smallest absolute Gasteiger partial charge is 0.289 e. The summed E-state index contributed by atoms with van der Waals surface area (Å²) in [6.45, 7) is 8.60. The normalized spacial score (nSPS) is 18.3. The van der Waals surface area contributed by atoms with E-state index in [4.69, 9.17) is 4.42 Å². The van der Waals surface area contributed by atoms with Crippen molar-refractivity contribution in [3.05, 3.63) is 41.6 Å². The van der Waals surface area contributed by atoms with Crippen LogP contribution in [0.5, 0.6) is 0 Å². The zero-order valence-electron chi connectivity index (χ0n) is 16.3. The average Bonchev–Trinajstić information content (AvgIpc) is 3.29. The van der Waals surface area contributed by atoms with Gasteiger partial charge in [0.25, 0.3) is 5.91 Å². The molecule has 0 radical (unpaired) electrons. The number of likely N-dealkylation sites (tertiary alicyclic amines) is 1. The number of nitrogens with zero attached hydrogens (tertiary/aromatic N) is 3. The molecule has 0 bridgehead atoms. The fourth-order valence-corrected chi connectivity index (χ4v) is 3.57. The van der Waals surface area contributed by atoms with Crippen LogP contribution in [0.4, 0.5) is 0 Å². The molecule has 27 heavy (non-hydrogen) atoms. The van der Waals surface area contributed by atoms with Crippen molar-refractivity contribution >= 4 is 11.8 Å². The largest absolute Gasteiger partial charge is 0.459 e. The number of piperidine rings is 1. The molecule has 3 rings (SSSR count). The number of furan rings is 1. The fraction of sp³-hybridized carbons (Fsp3) is 0.550. The van der Waals surface area contributed by atoms with Crippen molar-refractivity contribution in [1.82, 2.24) is 20.0 Å². The van der Waals surface area contributed by atoms with E-state index in [2.05, 4.69) is 23.4 Å². The van der Waals surface area contributed by atoms with E-state index in [0.29, 0.717) is 25.4 Å². The third-order valence-electron chi connectivity index (χ3n) is 5.02. The summed E-state index contributed by atoms with van der Waals surface area (Å²) in [4.78, 5) is 26.7. The van der Waals surface area contributed by atoms with E-state index >= 15 is 0 Å². The summed E-state index contributed by atoms with van der Waals surface area (Å²) in [5, 5.41) is 7.52. The molecule has 3 heterocycles. The highest BCUT2D eigenvalue weighted by atomic mass is 16.3. The van der Waals surface area contributed by atoms with Gasteiger partial charge in [-0.05, 0) is 50.8 Å². The number of amides is 2. The van der Waals surface area contributed by atoms with E-state index in [1.807, 2.05) is 18.5 Å². The Bertz CT molecular complexity index is 781. The Kier molecular flexibility index (Phi) is 5.98. The zero-order valence-corrected chi connectivity index (χ0v) is 16.3. The lowest BCUT2D eigenvalue weighted by molar-refractivity contribution is -0.126. The molecular formula is C20H28N4O3. The van der Waals surface area contributed by atoms with E-state index < -0.39 is 0 Å². The standard InChI is InChI=1S/C20H28N4O3/c1-14(12-24-16(3)10-15(2)22-24)11-21-19(25)17-6-4-8-23(13-17)20(26)18-7-5-9-27-18/h5,7,9-10,14,17H,4,6,8,11-13H2,1-3H3,(H,21,25)/t14-,17-/m0/s1. The number of nitrogens with one attached hydrogen (secondary N) is 1. The summed E-state index contributed by atoms with van der Waals surface area (Å²) in [6, 6.07) is 5.41. The molecule has 2 atom stereocenters. The molecule has 1 aliphatic heterocycles. The van der Waals surface area contributed by atoms with Crippen molar-refractivity contribution in [3.63, 3.8) is 0 Å². The van der Waals surface area contributed by atoms with Crippen molar-refractivity contribution in [1.29, 1.82) is 0 Å². The highest BCUT2D eigenvalue weighted by molar-refractivity contribution is 5.92. The molecule has 1 saturated heterocycles. The summed E-state index contributed by atoms with van der Waals surface area (Å²) >= 11 is 0. The SMILES string of the molecule is Cc1cc(C)n(C[C@@H](C)CNC(=O)[C@H]2CCCN(C(=O)c3ccco3)C2)n1. The Morgan fingerprint density at radius 2 is 2.22 bits per heavy atom. The molecule has 2 amide bonds. The van der Waals surface area contributed by atoms with Gasteiger partial charge < -0.3 is 14.6 Å². The molecule has 1 aliphatic rings. The number of aryl methyl sites for hydroxylation is 2. The summed E-state index contributed by atoms with van der Waals surface area (Å²) in [5.74, 6) is 0.312. The molecule has 7 nitrogen and oxygen atoms in total. The molecular weight excluding hydrogens is 344 g/mol. The van der Waals surface area contributed by atoms with E-state index in [-0.39, 0.29) is 23.7 Å². The van der Waals surface area contributed by atoms with E-state index in [0.717, 1.165) is 30.8 Å². The van der Waals surface area contributed by atoms with Gasteiger partial charge in [-0.15, -0.1) is 0 Å². The van der Waals surface area contributed by atoms with Gasteiger partial charge in [0.2, 0.25) is 5.91 Å². The van der Waals surface area contributed by atoms with Gasteiger partial charge in [0.1, 0.15) is 0 Å². The number of carbonyl (C=O) groups is 2. The minimum atomic E-state index is -0.168. The molecule has 1 fully saturated rings. The lowest BCUT2D eigenvalue weighted by Gasteiger charge is -2.31. The Labute approximate surface area is 159 Å². The number of carbonyl (C=O) groups excluding carboxylic acids is 2. The summed E-state index contributed by atoms with van der Waals surface area (Å²) in [7, 11) is 0. The van der Waals surface area contributed by atoms with Gasteiger partial charge in [0, 0.05) is 31.9 Å². The van der Waals surface area contributed by atoms with Crippen LogP contribution in [-0.2, 0) is 11.3 Å². The molecule has 0 aliphatic carbocycles. The van der Waals surface area contributed by atoms with Crippen molar-refractivity contribution in [3.8, 4) is 0 Å². The van der Waals surface area contributed by atoms with E-state index in [9.17, 15) is 9.59 Å². The Morgan fingerprint density at radius 3 is 2.89 bits per heavy atom. The van der Waals surface area contributed by atoms with Crippen LogP contribution >= 0.6 is 0 Å². The highest BCUT2D eigenvalue weighted by Crippen LogP contribution is 2.19. The Morgan fingerprint density at radius 1 is 1.41 bits per heavy atom. The van der Waals surface area contributed by atoms with Gasteiger partial charge in [-0.1, -0.05) is 6.92 Å². The van der Waals surface area contributed by atoms with E-state index in [1.54, 1.807) is 17.0 Å². The lowest BCUT2D eigenvalue weighted by Crippen LogP contribution is -2.46. The first-order valence-corrected chi connectivity index (χ1v) is 9.55. The topological polar surface area (TPSA) is 80.4 Å². The molecule has 7 heteroatoms. The maximum absolute atomic E-state index is 12.6. The van der Waals surface area contributed by atoms with Gasteiger partial charge in [0.05, 0.1) is 17.9 Å². The predicted molar refractivity (Wildman–Crippen MR) is 101 cm³/mol. The first kappa shape index (κ1) is 19.2. The highest BCUT2D eigenvalue weighted by Gasteiger charge is 2.29. The molecule has 2 aromatic rings. The minimum Gasteiger partial charge on any atom is -0.459 e. The van der Waals surface area contributed by atoms with Crippen molar-refractivity contribution in [2.45, 2.75) is 40.2 Å². The van der Waals surface area contributed by atoms with Crippen molar-refractivity contribution in [2.75, 3.05) is 19.6 Å². The number of hydrogen-bond donors (Lipinski definition) is 1. The third-order valence-corrected chi connectivity index (χ3v) is 5.02. The van der Waals surface area contributed by atoms with Crippen LogP contribution in [0, 0.1) is 25.7 Å². The molecule has 1 N–H and O–H groups in total. The minimum absolute atomic E-state index is 0.0205. The molecule has 0 spiro atoms. The van der Waals surface area contributed by atoms with Crippen LogP contribution in [-0.4, -0.2) is 46.1 Å². The number of hydrogen-bond acceptors (Lipinski definition) is 4. The Balaban J connectivity index is 1.48. The maximum atomic E-state index is 12.6. The number of aromatic nitrogens is 2. The van der Waals surface area contributed by atoms with Crippen LogP contribution in [0.3, 0.4) is 0 Å². The van der Waals surface area contributed by atoms with Gasteiger partial charge >= 0.3 is 0 Å². The summed E-state index contributed by atoms with van der Waals surface area (Å²) < 4.78 is 7.17. The average molecular weight is 372 g/mol. The lowest BCUT2D eigenvalue weighted by atomic mass is 9.96. The zero-order chi connectivity index (χ0) is 19.4. The second kappa shape index (κ2) is 8.41. The fourth-order valence-electron chi connectivity index (χ4n) is 3.57. The molecule has 2 aromatic heterocycles. The van der Waals surface area contributed by atoms with Crippen LogP contribution < -0.4 is 5.32 Å². The van der Waals surface area contributed by atoms with Gasteiger partial charge in [-0.25, -0.2) is 0 Å². The monoisotopic (exact) mass is 372 g/mol. The van der Waals surface area contributed by atoms with Crippen LogP contribution in [0.1, 0.15) is 41.7 Å². The number of rotatable bonds is 6. The van der Waals surface area contributed by atoms with Gasteiger partial charge in [-0.3, -0.25) is 14.3 Å². The summed E-state index contributed by atoms with van der Waals surface area (Å²) in [6.07, 6.45) is 3.12. The quantitative estimate of drug-likeness (QED) is 0.844. The van der Waals surface area contributed by atoms with Crippen LogP contribution in [0.25, 0.3) is 0 Å². The predicted octanol–water partition coefficient (Wildman–Crippen LogP) is 2.40. The van der Waals surface area contributed by atoms with Crippen molar-refractivity contribution in [2.24, 2.45) is 11.8 Å². The second-order valence-electron chi connectivity index (χ2n) is 7.53. The summed E-state index contributed by atoms with van der Waals surface area (Å²) in [5.41, 5.74) is 2.14. The van der Waals surface area contributed by atoms with Crippen LogP contribution in [0.15, 0.2) is 28.9 Å². The molecule has 0 aromatic carbocycles. The Hall–Kier alpha value is -2.57. The first-order valence-electron chi connectivity index (χ1n) is 9.55. The van der Waals surface area contributed by atoms with Gasteiger partial charge in [-0.2, -0.15) is 5.10 Å². The van der Waals surface area contributed by atoms with Crippen molar-refractivity contribution < 1.29 is 14.0 Å². The molecule has 0 saturated carbocycles. The molecule has 146 valence electrons. The first-order chi connectivity index (χ1) is 12.9. The molecule has 0 unspecified atom stereocenters. The third kappa shape index (κ3) is 4.78.